The van der Waals surface area contributed by atoms with Crippen LogP contribution in [-0.2, 0) is 6.42 Å². The zero-order chi connectivity index (χ0) is 15.5. The van der Waals surface area contributed by atoms with Crippen molar-refractivity contribution in [3.63, 3.8) is 0 Å². The maximum Gasteiger partial charge on any atom is 0.347 e. The lowest BCUT2D eigenvalue weighted by atomic mass is 10.2. The number of ether oxygens (including phenoxy) is 1. The molecule has 0 saturated heterocycles. The van der Waals surface area contributed by atoms with E-state index in [4.69, 9.17) is 4.74 Å². The topological polar surface area (TPSA) is 59.9 Å². The SMILES string of the molecule is CCc1cccc(Oc2ccc(-n3c(C)n[nH]c3=O)cc2)c1. The summed E-state index contributed by atoms with van der Waals surface area (Å²) in [6.45, 7) is 3.89. The summed E-state index contributed by atoms with van der Waals surface area (Å²) in [5.74, 6) is 2.16. The van der Waals surface area contributed by atoms with Crippen molar-refractivity contribution in [2.75, 3.05) is 0 Å². The van der Waals surface area contributed by atoms with Gasteiger partial charge in [0.05, 0.1) is 5.69 Å². The molecule has 0 aliphatic heterocycles. The van der Waals surface area contributed by atoms with E-state index in [2.05, 4.69) is 23.2 Å². The predicted octanol–water partition coefficient (Wildman–Crippen LogP) is 3.22. The number of hydrogen-bond donors (Lipinski definition) is 1. The van der Waals surface area contributed by atoms with Gasteiger partial charge in [0, 0.05) is 0 Å². The van der Waals surface area contributed by atoms with E-state index in [-0.39, 0.29) is 5.69 Å². The van der Waals surface area contributed by atoms with Crippen LogP contribution in [0.3, 0.4) is 0 Å². The number of benzene rings is 2. The Hall–Kier alpha value is -2.82. The second-order valence-electron chi connectivity index (χ2n) is 5.01. The number of rotatable bonds is 4. The molecule has 0 atom stereocenters. The number of nitrogens with zero attached hydrogens (tertiary/aromatic N) is 2. The van der Waals surface area contributed by atoms with Crippen molar-refractivity contribution in [3.8, 4) is 17.2 Å². The summed E-state index contributed by atoms with van der Waals surface area (Å²) >= 11 is 0. The van der Waals surface area contributed by atoms with E-state index in [1.54, 1.807) is 6.92 Å². The lowest BCUT2D eigenvalue weighted by Gasteiger charge is -2.08. The summed E-state index contributed by atoms with van der Waals surface area (Å²) < 4.78 is 7.36. The van der Waals surface area contributed by atoms with Gasteiger partial charge >= 0.3 is 5.69 Å². The summed E-state index contributed by atoms with van der Waals surface area (Å²) in [5.41, 5.74) is 1.74. The lowest BCUT2D eigenvalue weighted by molar-refractivity contribution is 0.482. The lowest BCUT2D eigenvalue weighted by Crippen LogP contribution is -2.15. The fourth-order valence-corrected chi connectivity index (χ4v) is 2.31. The van der Waals surface area contributed by atoms with Gasteiger partial charge in [-0.25, -0.2) is 14.5 Å². The number of aryl methyl sites for hydroxylation is 2. The van der Waals surface area contributed by atoms with Crippen molar-refractivity contribution in [1.29, 1.82) is 0 Å². The minimum Gasteiger partial charge on any atom is -0.457 e. The van der Waals surface area contributed by atoms with Crippen LogP contribution in [-0.4, -0.2) is 14.8 Å². The maximum absolute atomic E-state index is 11.7. The second kappa shape index (κ2) is 5.89. The number of H-pyrrole nitrogens is 1. The van der Waals surface area contributed by atoms with Crippen molar-refractivity contribution in [1.82, 2.24) is 14.8 Å². The molecule has 1 aromatic heterocycles. The molecule has 5 nitrogen and oxygen atoms in total. The van der Waals surface area contributed by atoms with Gasteiger partial charge in [-0.3, -0.25) is 0 Å². The zero-order valence-corrected chi connectivity index (χ0v) is 12.5. The molecule has 0 aliphatic carbocycles. The molecule has 0 radical (unpaired) electrons. The molecular formula is C17H17N3O2. The number of aromatic nitrogens is 3. The molecule has 1 heterocycles. The van der Waals surface area contributed by atoms with E-state index in [1.165, 1.54) is 10.1 Å². The van der Waals surface area contributed by atoms with Gasteiger partial charge in [0.2, 0.25) is 0 Å². The minimum absolute atomic E-state index is 0.248. The van der Waals surface area contributed by atoms with Gasteiger partial charge in [0.1, 0.15) is 17.3 Å². The van der Waals surface area contributed by atoms with E-state index in [0.29, 0.717) is 5.82 Å². The third-order valence-corrected chi connectivity index (χ3v) is 3.48. The van der Waals surface area contributed by atoms with Crippen LogP contribution in [0.2, 0.25) is 0 Å². The third-order valence-electron chi connectivity index (χ3n) is 3.48. The van der Waals surface area contributed by atoms with Gasteiger partial charge in [0.15, 0.2) is 0 Å². The van der Waals surface area contributed by atoms with Crippen LogP contribution in [0.15, 0.2) is 53.3 Å². The highest BCUT2D eigenvalue weighted by molar-refractivity contribution is 5.40. The Morgan fingerprint density at radius 1 is 1.14 bits per heavy atom. The van der Waals surface area contributed by atoms with Gasteiger partial charge in [0.25, 0.3) is 0 Å². The Kier molecular flexibility index (Phi) is 3.78. The van der Waals surface area contributed by atoms with Gasteiger partial charge in [-0.1, -0.05) is 19.1 Å². The van der Waals surface area contributed by atoms with Crippen LogP contribution in [0.1, 0.15) is 18.3 Å². The van der Waals surface area contributed by atoms with Crippen LogP contribution in [0.5, 0.6) is 11.5 Å². The molecule has 0 unspecified atom stereocenters. The molecule has 0 aliphatic rings. The molecule has 0 amide bonds. The minimum atomic E-state index is -0.248. The zero-order valence-electron chi connectivity index (χ0n) is 12.5. The van der Waals surface area contributed by atoms with Gasteiger partial charge in [-0.15, -0.1) is 0 Å². The summed E-state index contributed by atoms with van der Waals surface area (Å²) in [6.07, 6.45) is 0.971. The van der Waals surface area contributed by atoms with Gasteiger partial charge < -0.3 is 4.74 Å². The van der Waals surface area contributed by atoms with Crippen LogP contribution in [0.25, 0.3) is 5.69 Å². The largest absolute Gasteiger partial charge is 0.457 e. The van der Waals surface area contributed by atoms with Crippen molar-refractivity contribution < 1.29 is 4.74 Å². The van der Waals surface area contributed by atoms with E-state index < -0.39 is 0 Å². The molecule has 1 N–H and O–H groups in total. The Morgan fingerprint density at radius 3 is 2.55 bits per heavy atom. The summed E-state index contributed by atoms with van der Waals surface area (Å²) in [4.78, 5) is 11.7. The second-order valence-corrected chi connectivity index (χ2v) is 5.01. The Balaban J connectivity index is 1.84. The molecular weight excluding hydrogens is 278 g/mol. The first-order valence-electron chi connectivity index (χ1n) is 7.18. The molecule has 0 fully saturated rings. The Morgan fingerprint density at radius 2 is 1.91 bits per heavy atom. The molecule has 112 valence electrons. The monoisotopic (exact) mass is 295 g/mol. The number of nitrogens with one attached hydrogen (secondary N) is 1. The molecule has 0 spiro atoms. The summed E-state index contributed by atoms with van der Waals surface area (Å²) in [6, 6.07) is 15.4. The van der Waals surface area contributed by atoms with E-state index in [9.17, 15) is 4.79 Å². The van der Waals surface area contributed by atoms with Crippen molar-refractivity contribution >= 4 is 0 Å². The van der Waals surface area contributed by atoms with E-state index >= 15 is 0 Å². The summed E-state index contributed by atoms with van der Waals surface area (Å²) in [7, 11) is 0. The molecule has 5 heteroatoms. The van der Waals surface area contributed by atoms with Crippen LogP contribution >= 0.6 is 0 Å². The first-order chi connectivity index (χ1) is 10.7. The average molecular weight is 295 g/mol. The Bertz CT molecular complexity index is 832. The molecule has 22 heavy (non-hydrogen) atoms. The molecule has 0 saturated carbocycles. The van der Waals surface area contributed by atoms with E-state index in [0.717, 1.165) is 23.6 Å². The van der Waals surface area contributed by atoms with Gasteiger partial charge in [-0.2, -0.15) is 5.10 Å². The third kappa shape index (κ3) is 2.79. The number of aromatic amines is 1. The van der Waals surface area contributed by atoms with E-state index in [1.807, 2.05) is 42.5 Å². The Labute approximate surface area is 128 Å². The normalized spacial score (nSPS) is 10.6. The van der Waals surface area contributed by atoms with Crippen LogP contribution in [0.4, 0.5) is 0 Å². The van der Waals surface area contributed by atoms with Crippen molar-refractivity contribution in [3.05, 3.63) is 70.4 Å². The fraction of sp³-hybridized carbons (Fsp3) is 0.176. The highest BCUT2D eigenvalue weighted by Gasteiger charge is 2.06. The number of hydrogen-bond acceptors (Lipinski definition) is 3. The average Bonchev–Trinajstić information content (AvgIpc) is 2.87. The molecule has 0 bridgehead atoms. The molecule has 2 aromatic carbocycles. The highest BCUT2D eigenvalue weighted by atomic mass is 16.5. The van der Waals surface area contributed by atoms with Crippen molar-refractivity contribution in [2.45, 2.75) is 20.3 Å². The fourth-order valence-electron chi connectivity index (χ4n) is 2.31. The van der Waals surface area contributed by atoms with Crippen molar-refractivity contribution in [2.24, 2.45) is 0 Å². The predicted molar refractivity (Wildman–Crippen MR) is 84.8 cm³/mol. The van der Waals surface area contributed by atoms with Crippen LogP contribution < -0.4 is 10.4 Å². The van der Waals surface area contributed by atoms with Crippen LogP contribution in [0, 0.1) is 6.92 Å². The smallest absolute Gasteiger partial charge is 0.347 e. The maximum atomic E-state index is 11.7. The summed E-state index contributed by atoms with van der Waals surface area (Å²) in [5, 5.41) is 6.32. The first-order valence-corrected chi connectivity index (χ1v) is 7.18. The van der Waals surface area contributed by atoms with Gasteiger partial charge in [-0.05, 0) is 55.3 Å². The first kappa shape index (κ1) is 14.1. The molecule has 3 rings (SSSR count). The quantitative estimate of drug-likeness (QED) is 0.804. The molecule has 3 aromatic rings. The highest BCUT2D eigenvalue weighted by Crippen LogP contribution is 2.23. The standard InChI is InChI=1S/C17H17N3O2/c1-3-13-5-4-6-16(11-13)22-15-9-7-14(8-10-15)20-12(2)18-19-17(20)21/h4-11H,3H2,1-2H3,(H,19,21).